The maximum Gasteiger partial charge on any atom is 0.408 e. The third-order valence-electron chi connectivity index (χ3n) is 9.58. The van der Waals surface area contributed by atoms with Gasteiger partial charge >= 0.3 is 12.1 Å². The molecule has 4 N–H and O–H groups in total. The van der Waals surface area contributed by atoms with Gasteiger partial charge in [-0.2, -0.15) is 5.10 Å². The number of benzene rings is 5. The van der Waals surface area contributed by atoms with Gasteiger partial charge in [-0.25, -0.2) is 14.6 Å². The van der Waals surface area contributed by atoms with E-state index in [0.717, 1.165) is 45.5 Å². The van der Waals surface area contributed by atoms with Crippen LogP contribution < -0.4 is 16.0 Å². The summed E-state index contributed by atoms with van der Waals surface area (Å²) in [6.45, 7) is 0.877. The molecule has 282 valence electrons. The molecule has 7 aromatic rings. The van der Waals surface area contributed by atoms with Crippen molar-refractivity contribution in [2.24, 2.45) is 0 Å². The molecule has 0 spiro atoms. The molecule has 56 heavy (non-hydrogen) atoms. The topological polar surface area (TPSA) is 152 Å². The summed E-state index contributed by atoms with van der Waals surface area (Å²) in [7, 11) is 0. The summed E-state index contributed by atoms with van der Waals surface area (Å²) >= 11 is 0. The lowest BCUT2D eigenvalue weighted by atomic mass is 9.76. The Bertz CT molecular complexity index is 2290. The van der Waals surface area contributed by atoms with Crippen LogP contribution in [0.1, 0.15) is 39.0 Å². The lowest BCUT2D eigenvalue weighted by Crippen LogP contribution is -2.48. The van der Waals surface area contributed by atoms with Crippen LogP contribution in [0.2, 0.25) is 0 Å². The van der Waals surface area contributed by atoms with Gasteiger partial charge in [-0.15, -0.1) is 0 Å². The molecular formula is C44H41N7O5. The Morgan fingerprint density at radius 1 is 0.786 bits per heavy atom. The van der Waals surface area contributed by atoms with Gasteiger partial charge in [-0.1, -0.05) is 121 Å². The molecule has 2 amide bonds. The van der Waals surface area contributed by atoms with Gasteiger partial charge in [-0.3, -0.25) is 14.0 Å². The van der Waals surface area contributed by atoms with Gasteiger partial charge in [0.1, 0.15) is 18.2 Å². The van der Waals surface area contributed by atoms with E-state index in [1.807, 2.05) is 47.4 Å². The summed E-state index contributed by atoms with van der Waals surface area (Å²) in [5.74, 6) is -1.06. The number of nitrogens with zero attached hydrogens (tertiary/aromatic N) is 4. The lowest BCUT2D eigenvalue weighted by molar-refractivity contribution is -0.139. The van der Waals surface area contributed by atoms with E-state index in [2.05, 4.69) is 98.4 Å². The van der Waals surface area contributed by atoms with Gasteiger partial charge in [0.15, 0.2) is 0 Å². The van der Waals surface area contributed by atoms with Crippen LogP contribution in [0, 0.1) is 0 Å². The van der Waals surface area contributed by atoms with Crippen LogP contribution in [-0.4, -0.2) is 61.5 Å². The van der Waals surface area contributed by atoms with E-state index in [9.17, 15) is 19.5 Å². The van der Waals surface area contributed by atoms with Crippen molar-refractivity contribution in [3.05, 3.63) is 186 Å². The fourth-order valence-corrected chi connectivity index (χ4v) is 6.90. The molecule has 0 aliphatic carbocycles. The number of carbonyl (C=O) groups excluding carboxylic acids is 2. The Morgan fingerprint density at radius 2 is 1.39 bits per heavy atom. The number of alkyl carbamates (subject to hydrolysis) is 1. The standard InChI is InChI=1S/C44H41N7O5/c52-40(47-30-38(41(53)54)49-43(55)56-31-32-14-5-1-6-15-32)33-22-23-39-34(28-33)29-48-51(39)26-13-24-45-42-46-25-27-50(42)44(35-16-7-2-8-17-35,36-18-9-3-10-19-36)37-20-11-4-12-21-37/h1-12,14-23,25,27-29,38H,13,24,26,30-31H2,(H,45,46)(H,47,52)(H,49,55)(H,53,54)/t38-/m0/s1. The highest BCUT2D eigenvalue weighted by atomic mass is 16.5. The third-order valence-corrected chi connectivity index (χ3v) is 9.58. The molecule has 0 saturated heterocycles. The molecule has 2 aromatic heterocycles. The van der Waals surface area contributed by atoms with Gasteiger partial charge in [-0.05, 0) is 46.9 Å². The predicted molar refractivity (Wildman–Crippen MR) is 213 cm³/mol. The molecule has 12 nitrogen and oxygen atoms in total. The van der Waals surface area contributed by atoms with Crippen LogP contribution in [-0.2, 0) is 28.2 Å². The van der Waals surface area contributed by atoms with Crippen LogP contribution in [0.15, 0.2) is 158 Å². The highest BCUT2D eigenvalue weighted by molar-refractivity contribution is 5.98. The number of fused-ring (bicyclic) bond motifs is 1. The van der Waals surface area contributed by atoms with Crippen molar-refractivity contribution in [2.75, 3.05) is 18.4 Å². The van der Waals surface area contributed by atoms with Gasteiger partial charge < -0.3 is 25.8 Å². The molecule has 0 bridgehead atoms. The first kappa shape index (κ1) is 37.1. The largest absolute Gasteiger partial charge is 0.480 e. The Balaban J connectivity index is 0.989. The molecule has 2 heterocycles. The van der Waals surface area contributed by atoms with E-state index >= 15 is 0 Å². The SMILES string of the molecule is O=C(N[C@@H](CNC(=O)c1ccc2c(cnn2CCCNc2nccn2C(c2ccccc2)(c2ccccc2)c2ccccc2)c1)C(=O)O)OCc1ccccc1. The molecule has 12 heteroatoms. The van der Waals surface area contributed by atoms with Crippen LogP contribution in [0.3, 0.4) is 0 Å². The second-order valence-corrected chi connectivity index (χ2v) is 13.2. The smallest absolute Gasteiger partial charge is 0.408 e. The van der Waals surface area contributed by atoms with E-state index in [4.69, 9.17) is 9.72 Å². The number of amides is 2. The number of ether oxygens (including phenoxy) is 1. The quantitative estimate of drug-likeness (QED) is 0.0631. The highest BCUT2D eigenvalue weighted by Crippen LogP contribution is 2.42. The van der Waals surface area contributed by atoms with E-state index in [-0.39, 0.29) is 13.2 Å². The monoisotopic (exact) mass is 747 g/mol. The number of carbonyl (C=O) groups is 3. The summed E-state index contributed by atoms with van der Waals surface area (Å²) < 4.78 is 9.22. The Hall–Kier alpha value is -7.21. The number of carboxylic acid groups (broad SMARTS) is 1. The minimum atomic E-state index is -1.38. The maximum atomic E-state index is 13.0. The Labute approximate surface area is 323 Å². The molecule has 0 unspecified atom stereocenters. The maximum absolute atomic E-state index is 13.0. The van der Waals surface area contributed by atoms with E-state index in [0.29, 0.717) is 18.7 Å². The minimum Gasteiger partial charge on any atom is -0.480 e. The normalized spacial score (nSPS) is 11.8. The van der Waals surface area contributed by atoms with Crippen LogP contribution in [0.4, 0.5) is 10.7 Å². The molecule has 7 rings (SSSR count). The average Bonchev–Trinajstić information content (AvgIpc) is 3.89. The summed E-state index contributed by atoms with van der Waals surface area (Å²) in [5.41, 5.74) is 4.57. The summed E-state index contributed by atoms with van der Waals surface area (Å²) in [4.78, 5) is 41.8. The van der Waals surface area contributed by atoms with Crippen LogP contribution >= 0.6 is 0 Å². The zero-order valence-electron chi connectivity index (χ0n) is 30.5. The summed E-state index contributed by atoms with van der Waals surface area (Å²) in [5, 5.41) is 23.4. The number of nitrogens with one attached hydrogen (secondary N) is 3. The molecule has 5 aromatic carbocycles. The first-order chi connectivity index (χ1) is 27.4. The van der Waals surface area contributed by atoms with E-state index in [1.54, 1.807) is 42.6 Å². The highest BCUT2D eigenvalue weighted by Gasteiger charge is 2.39. The zero-order valence-corrected chi connectivity index (χ0v) is 30.5. The molecule has 0 aliphatic heterocycles. The first-order valence-corrected chi connectivity index (χ1v) is 18.3. The number of aryl methyl sites for hydroxylation is 1. The number of imidazole rings is 1. The first-order valence-electron chi connectivity index (χ1n) is 18.3. The number of aromatic nitrogens is 4. The number of carboxylic acids is 1. The van der Waals surface area contributed by atoms with E-state index in [1.165, 1.54) is 0 Å². The summed E-state index contributed by atoms with van der Waals surface area (Å²) in [6, 6.07) is 44.2. The van der Waals surface area contributed by atoms with Crippen LogP contribution in [0.25, 0.3) is 10.9 Å². The van der Waals surface area contributed by atoms with Crippen molar-refractivity contribution < 1.29 is 24.2 Å². The van der Waals surface area contributed by atoms with Gasteiger partial charge in [0, 0.05) is 43.0 Å². The van der Waals surface area contributed by atoms with Crippen molar-refractivity contribution in [1.29, 1.82) is 0 Å². The second kappa shape index (κ2) is 17.3. The molecular weight excluding hydrogens is 707 g/mol. The summed E-state index contributed by atoms with van der Waals surface area (Å²) in [6.07, 6.45) is 5.37. The Morgan fingerprint density at radius 3 is 2.00 bits per heavy atom. The second-order valence-electron chi connectivity index (χ2n) is 13.2. The third kappa shape index (κ3) is 8.14. The molecule has 0 aliphatic rings. The molecule has 0 radical (unpaired) electrons. The number of rotatable bonds is 16. The number of aliphatic carboxylic acids is 1. The fraction of sp³-hybridized carbons (Fsp3) is 0.159. The van der Waals surface area contributed by atoms with Crippen molar-refractivity contribution in [3.63, 3.8) is 0 Å². The Kier molecular flexibility index (Phi) is 11.5. The van der Waals surface area contributed by atoms with Gasteiger partial charge in [0.2, 0.25) is 5.95 Å². The minimum absolute atomic E-state index is 0.0140. The van der Waals surface area contributed by atoms with E-state index < -0.39 is 29.6 Å². The van der Waals surface area contributed by atoms with Crippen molar-refractivity contribution in [2.45, 2.75) is 31.2 Å². The lowest BCUT2D eigenvalue weighted by Gasteiger charge is -2.38. The fourth-order valence-electron chi connectivity index (χ4n) is 6.90. The predicted octanol–water partition coefficient (Wildman–Crippen LogP) is 6.68. The molecule has 1 atom stereocenters. The number of hydrogen-bond donors (Lipinski definition) is 4. The zero-order chi connectivity index (χ0) is 38.7. The molecule has 0 saturated carbocycles. The number of hydrogen-bond acceptors (Lipinski definition) is 7. The number of anilines is 1. The van der Waals surface area contributed by atoms with Crippen molar-refractivity contribution in [3.8, 4) is 0 Å². The van der Waals surface area contributed by atoms with Gasteiger partial charge in [0.05, 0.1) is 11.7 Å². The van der Waals surface area contributed by atoms with Crippen LogP contribution in [0.5, 0.6) is 0 Å². The molecule has 0 fully saturated rings. The average molecular weight is 748 g/mol. The van der Waals surface area contributed by atoms with Gasteiger partial charge in [0.25, 0.3) is 5.91 Å². The van der Waals surface area contributed by atoms with Crippen molar-refractivity contribution in [1.82, 2.24) is 30.0 Å². The van der Waals surface area contributed by atoms with Crippen molar-refractivity contribution >= 4 is 34.8 Å².